The van der Waals surface area contributed by atoms with Crippen molar-refractivity contribution in [1.82, 2.24) is 19.6 Å². The summed E-state index contributed by atoms with van der Waals surface area (Å²) >= 11 is 0. The first-order valence-electron chi connectivity index (χ1n) is 8.36. The van der Waals surface area contributed by atoms with Crippen molar-refractivity contribution in [2.75, 3.05) is 26.2 Å². The number of likely N-dealkylation sites (tertiary alicyclic amines) is 2. The van der Waals surface area contributed by atoms with Crippen LogP contribution in [-0.4, -0.2) is 62.9 Å². The Hall–Kier alpha value is -1.40. The summed E-state index contributed by atoms with van der Waals surface area (Å²) in [6.07, 6.45) is 6.49. The SMILES string of the molecule is Cn1nc(C(=O)O)cc1CN1CCCCC(N2CCCC2)C1. The Morgan fingerprint density at radius 1 is 1.27 bits per heavy atom. The summed E-state index contributed by atoms with van der Waals surface area (Å²) in [7, 11) is 1.83. The second kappa shape index (κ2) is 6.79. The predicted octanol–water partition coefficient (Wildman–Crippen LogP) is 1.57. The molecular weight excluding hydrogens is 280 g/mol. The van der Waals surface area contributed by atoms with Crippen LogP contribution in [0.5, 0.6) is 0 Å². The highest BCUT2D eigenvalue weighted by Crippen LogP contribution is 2.21. The topological polar surface area (TPSA) is 61.6 Å². The van der Waals surface area contributed by atoms with Gasteiger partial charge in [-0.15, -0.1) is 0 Å². The maximum atomic E-state index is 11.0. The van der Waals surface area contributed by atoms with Crippen LogP contribution in [0.25, 0.3) is 0 Å². The fourth-order valence-corrected chi connectivity index (χ4v) is 3.73. The Morgan fingerprint density at radius 3 is 2.68 bits per heavy atom. The molecule has 1 aromatic rings. The van der Waals surface area contributed by atoms with E-state index >= 15 is 0 Å². The molecule has 1 unspecified atom stereocenters. The van der Waals surface area contributed by atoms with Gasteiger partial charge in [-0.25, -0.2) is 4.79 Å². The van der Waals surface area contributed by atoms with Crippen molar-refractivity contribution >= 4 is 5.97 Å². The third-order valence-corrected chi connectivity index (χ3v) is 4.97. The van der Waals surface area contributed by atoms with Gasteiger partial charge in [0.1, 0.15) is 0 Å². The Labute approximate surface area is 131 Å². The fraction of sp³-hybridized carbons (Fsp3) is 0.750. The number of rotatable bonds is 4. The van der Waals surface area contributed by atoms with Crippen LogP contribution in [0.4, 0.5) is 0 Å². The number of aromatic nitrogens is 2. The summed E-state index contributed by atoms with van der Waals surface area (Å²) in [5.74, 6) is -0.951. The van der Waals surface area contributed by atoms with Crippen molar-refractivity contribution in [2.45, 2.75) is 44.7 Å². The van der Waals surface area contributed by atoms with Gasteiger partial charge in [-0.3, -0.25) is 14.5 Å². The number of hydrogen-bond acceptors (Lipinski definition) is 4. The molecule has 1 N–H and O–H groups in total. The Bertz CT molecular complexity index is 522. The van der Waals surface area contributed by atoms with Gasteiger partial charge in [-0.05, 0) is 51.4 Å². The predicted molar refractivity (Wildman–Crippen MR) is 83.9 cm³/mol. The smallest absolute Gasteiger partial charge is 0.356 e. The maximum absolute atomic E-state index is 11.0. The summed E-state index contributed by atoms with van der Waals surface area (Å²) in [4.78, 5) is 16.2. The maximum Gasteiger partial charge on any atom is 0.356 e. The minimum absolute atomic E-state index is 0.142. The molecule has 2 fully saturated rings. The van der Waals surface area contributed by atoms with Crippen molar-refractivity contribution < 1.29 is 9.90 Å². The molecule has 2 saturated heterocycles. The molecule has 2 aliphatic rings. The lowest BCUT2D eigenvalue weighted by atomic mass is 10.1. The number of aromatic carboxylic acids is 1. The quantitative estimate of drug-likeness (QED) is 0.915. The second-order valence-corrected chi connectivity index (χ2v) is 6.58. The summed E-state index contributed by atoms with van der Waals surface area (Å²) in [6.45, 7) is 5.47. The van der Waals surface area contributed by atoms with Crippen LogP contribution in [0.15, 0.2) is 6.07 Å². The molecule has 2 aliphatic heterocycles. The van der Waals surface area contributed by atoms with Gasteiger partial charge >= 0.3 is 5.97 Å². The van der Waals surface area contributed by atoms with Gasteiger partial charge in [0.05, 0.1) is 5.69 Å². The van der Waals surface area contributed by atoms with Crippen LogP contribution in [0.3, 0.4) is 0 Å². The van der Waals surface area contributed by atoms with E-state index in [-0.39, 0.29) is 5.69 Å². The van der Waals surface area contributed by atoms with Crippen LogP contribution < -0.4 is 0 Å². The normalized spacial score (nSPS) is 24.5. The summed E-state index contributed by atoms with van der Waals surface area (Å²) in [6, 6.07) is 2.37. The number of carboxylic acids is 1. The molecule has 1 atom stereocenters. The number of aryl methyl sites for hydroxylation is 1. The molecule has 6 nitrogen and oxygen atoms in total. The zero-order valence-corrected chi connectivity index (χ0v) is 13.4. The molecule has 0 amide bonds. The van der Waals surface area contributed by atoms with Crippen LogP contribution in [-0.2, 0) is 13.6 Å². The standard InChI is InChI=1S/C16H26N4O2/c1-18-14(10-15(17-18)16(21)22)12-19-7-3-2-6-13(11-19)20-8-4-5-9-20/h10,13H,2-9,11-12H2,1H3,(H,21,22). The Balaban J connectivity index is 1.66. The van der Waals surface area contributed by atoms with E-state index in [0.717, 1.165) is 25.3 Å². The van der Waals surface area contributed by atoms with Gasteiger partial charge in [0.2, 0.25) is 0 Å². The molecule has 0 spiro atoms. The first kappa shape index (κ1) is 15.5. The number of hydrogen-bond donors (Lipinski definition) is 1. The Morgan fingerprint density at radius 2 is 2.00 bits per heavy atom. The molecule has 0 radical (unpaired) electrons. The molecule has 0 aliphatic carbocycles. The minimum Gasteiger partial charge on any atom is -0.476 e. The van der Waals surface area contributed by atoms with Gasteiger partial charge in [-0.1, -0.05) is 6.42 Å². The van der Waals surface area contributed by atoms with Gasteiger partial charge in [-0.2, -0.15) is 5.10 Å². The van der Waals surface area contributed by atoms with Crippen molar-refractivity contribution in [1.29, 1.82) is 0 Å². The van der Waals surface area contributed by atoms with Crippen molar-refractivity contribution in [3.8, 4) is 0 Å². The fourth-order valence-electron chi connectivity index (χ4n) is 3.73. The molecule has 3 heterocycles. The van der Waals surface area contributed by atoms with E-state index in [0.29, 0.717) is 6.04 Å². The number of carbonyl (C=O) groups is 1. The van der Waals surface area contributed by atoms with Crippen LogP contribution in [0.2, 0.25) is 0 Å². The molecule has 122 valence electrons. The zero-order chi connectivity index (χ0) is 15.5. The molecule has 0 aromatic carbocycles. The third kappa shape index (κ3) is 3.50. The van der Waals surface area contributed by atoms with E-state index in [1.807, 2.05) is 7.05 Å². The number of nitrogens with zero attached hydrogens (tertiary/aromatic N) is 4. The van der Waals surface area contributed by atoms with Crippen molar-refractivity contribution in [2.24, 2.45) is 7.05 Å². The van der Waals surface area contributed by atoms with E-state index in [9.17, 15) is 4.79 Å². The third-order valence-electron chi connectivity index (χ3n) is 4.97. The highest BCUT2D eigenvalue weighted by Gasteiger charge is 2.26. The average Bonchev–Trinajstić information content (AvgIpc) is 3.07. The van der Waals surface area contributed by atoms with Gasteiger partial charge in [0, 0.05) is 26.2 Å². The largest absolute Gasteiger partial charge is 0.476 e. The van der Waals surface area contributed by atoms with Crippen LogP contribution in [0.1, 0.15) is 48.3 Å². The second-order valence-electron chi connectivity index (χ2n) is 6.58. The molecule has 1 aromatic heterocycles. The molecule has 6 heteroatoms. The monoisotopic (exact) mass is 306 g/mol. The van der Waals surface area contributed by atoms with E-state index < -0.39 is 5.97 Å². The zero-order valence-electron chi connectivity index (χ0n) is 13.4. The van der Waals surface area contributed by atoms with E-state index in [1.165, 1.54) is 45.2 Å². The molecule has 3 rings (SSSR count). The number of carboxylic acid groups (broad SMARTS) is 1. The van der Waals surface area contributed by atoms with E-state index in [2.05, 4.69) is 14.9 Å². The first-order chi connectivity index (χ1) is 10.6. The lowest BCUT2D eigenvalue weighted by Gasteiger charge is -2.30. The first-order valence-corrected chi connectivity index (χ1v) is 8.36. The highest BCUT2D eigenvalue weighted by atomic mass is 16.4. The van der Waals surface area contributed by atoms with E-state index in [1.54, 1.807) is 10.7 Å². The Kier molecular flexibility index (Phi) is 4.78. The summed E-state index contributed by atoms with van der Waals surface area (Å²) in [5.41, 5.74) is 1.13. The van der Waals surface area contributed by atoms with Crippen LogP contribution >= 0.6 is 0 Å². The molecule has 0 bridgehead atoms. The van der Waals surface area contributed by atoms with Gasteiger partial charge in [0.15, 0.2) is 5.69 Å². The van der Waals surface area contributed by atoms with Crippen molar-refractivity contribution in [3.63, 3.8) is 0 Å². The lowest BCUT2D eigenvalue weighted by molar-refractivity contribution is 0.0689. The van der Waals surface area contributed by atoms with E-state index in [4.69, 9.17) is 5.11 Å². The van der Waals surface area contributed by atoms with Gasteiger partial charge < -0.3 is 5.11 Å². The van der Waals surface area contributed by atoms with Gasteiger partial charge in [0.25, 0.3) is 0 Å². The highest BCUT2D eigenvalue weighted by molar-refractivity contribution is 5.85. The van der Waals surface area contributed by atoms with Crippen molar-refractivity contribution in [3.05, 3.63) is 17.5 Å². The average molecular weight is 306 g/mol. The van der Waals surface area contributed by atoms with Crippen LogP contribution in [0, 0.1) is 0 Å². The molecule has 22 heavy (non-hydrogen) atoms. The molecule has 0 saturated carbocycles. The summed E-state index contributed by atoms with van der Waals surface area (Å²) in [5, 5.41) is 13.1. The summed E-state index contributed by atoms with van der Waals surface area (Å²) < 4.78 is 1.71. The minimum atomic E-state index is -0.951. The lowest BCUT2D eigenvalue weighted by Crippen LogP contribution is -2.41. The molecular formula is C16H26N4O2.